The normalized spacial score (nSPS) is 25.2. The second kappa shape index (κ2) is 6.60. The first-order valence-corrected chi connectivity index (χ1v) is 11.7. The largest absolute Gasteiger partial charge is 0.332 e. The van der Waals surface area contributed by atoms with Crippen LogP contribution >= 0.6 is 0 Å². The fraction of sp³-hybridized carbons (Fsp3) is 0.217. The zero-order valence-corrected chi connectivity index (χ0v) is 17.6. The maximum absolute atomic E-state index is 14.3. The van der Waals surface area contributed by atoms with Gasteiger partial charge in [-0.25, -0.2) is 22.5 Å². The zero-order chi connectivity index (χ0) is 22.2. The molecule has 3 aliphatic heterocycles. The van der Waals surface area contributed by atoms with E-state index in [0.29, 0.717) is 12.1 Å². The van der Waals surface area contributed by atoms with Crippen molar-refractivity contribution in [3.05, 3.63) is 72.5 Å². The minimum atomic E-state index is -4.15. The van der Waals surface area contributed by atoms with Gasteiger partial charge < -0.3 is 4.90 Å². The van der Waals surface area contributed by atoms with Crippen molar-refractivity contribution in [3.8, 4) is 0 Å². The molecule has 9 heteroatoms. The van der Waals surface area contributed by atoms with Gasteiger partial charge in [-0.15, -0.1) is 0 Å². The predicted octanol–water partition coefficient (Wildman–Crippen LogP) is 2.96. The van der Waals surface area contributed by atoms with Gasteiger partial charge in [0.25, 0.3) is 5.91 Å². The molecule has 0 unspecified atom stereocenters. The van der Waals surface area contributed by atoms with Gasteiger partial charge in [0.2, 0.25) is 10.0 Å². The number of piperazine rings is 1. The van der Waals surface area contributed by atoms with Crippen LogP contribution in [0.15, 0.2) is 71.6 Å². The van der Waals surface area contributed by atoms with Crippen LogP contribution in [-0.2, 0) is 14.8 Å². The highest BCUT2D eigenvalue weighted by atomic mass is 32.2. The Morgan fingerprint density at radius 1 is 0.906 bits per heavy atom. The Balaban J connectivity index is 1.40. The van der Waals surface area contributed by atoms with Gasteiger partial charge in [-0.1, -0.05) is 48.5 Å². The second-order valence-electron chi connectivity index (χ2n) is 8.27. The number of nitrogens with zero attached hydrogens (tertiary/aromatic N) is 3. The lowest BCUT2D eigenvalue weighted by atomic mass is 10.1. The Morgan fingerprint density at radius 3 is 2.44 bits per heavy atom. The number of rotatable bonds is 3. The summed E-state index contributed by atoms with van der Waals surface area (Å²) in [5, 5.41) is 1.66. The summed E-state index contributed by atoms with van der Waals surface area (Å²) in [5.41, 5.74) is 0.482. The third kappa shape index (κ3) is 2.46. The van der Waals surface area contributed by atoms with Crippen molar-refractivity contribution in [2.24, 2.45) is 0 Å². The van der Waals surface area contributed by atoms with Crippen LogP contribution in [-0.4, -0.2) is 54.2 Å². The lowest BCUT2D eigenvalue weighted by Gasteiger charge is -2.34. The third-order valence-electron chi connectivity index (χ3n) is 6.65. The number of amides is 3. The molecular formula is C23H18FN3O4S. The highest BCUT2D eigenvalue weighted by molar-refractivity contribution is 7.89. The van der Waals surface area contributed by atoms with Crippen LogP contribution in [0.4, 0.5) is 14.9 Å². The summed E-state index contributed by atoms with van der Waals surface area (Å²) < 4.78 is 41.9. The fourth-order valence-electron chi connectivity index (χ4n) is 5.30. The van der Waals surface area contributed by atoms with Gasteiger partial charge in [0, 0.05) is 18.0 Å². The van der Waals surface area contributed by atoms with Crippen molar-refractivity contribution in [3.63, 3.8) is 0 Å². The van der Waals surface area contributed by atoms with Crippen LogP contribution in [0.5, 0.6) is 0 Å². The number of fused-ring (bicyclic) bond motifs is 6. The Morgan fingerprint density at radius 2 is 1.62 bits per heavy atom. The van der Waals surface area contributed by atoms with Crippen molar-refractivity contribution >= 4 is 38.4 Å². The number of urea groups is 1. The highest BCUT2D eigenvalue weighted by Gasteiger charge is 2.64. The molecule has 3 saturated heterocycles. The minimum Gasteiger partial charge on any atom is -0.306 e. The molecule has 0 radical (unpaired) electrons. The summed E-state index contributed by atoms with van der Waals surface area (Å²) in [6.07, 6.45) is 0.360. The number of anilines is 1. The molecule has 32 heavy (non-hydrogen) atoms. The smallest absolute Gasteiger partial charge is 0.306 e. The summed E-state index contributed by atoms with van der Waals surface area (Å²) in [5.74, 6) is -1.29. The molecule has 3 amide bonds. The van der Waals surface area contributed by atoms with Crippen LogP contribution in [0.1, 0.15) is 6.42 Å². The van der Waals surface area contributed by atoms with Crippen LogP contribution < -0.4 is 4.90 Å². The molecule has 7 nitrogen and oxygen atoms in total. The molecule has 0 aliphatic carbocycles. The van der Waals surface area contributed by atoms with E-state index in [2.05, 4.69) is 0 Å². The molecule has 0 spiro atoms. The molecule has 3 aliphatic rings. The lowest BCUT2D eigenvalue weighted by Crippen LogP contribution is -2.54. The van der Waals surface area contributed by atoms with Gasteiger partial charge in [-0.05, 0) is 30.0 Å². The SMILES string of the molecule is O=C1[C@@H]2[C@@H]3C[C@@H](CN3S(=O)(=O)c3ccccc3F)N2C(=O)N1c1cccc2ccccc12. The number of carbonyl (C=O) groups excluding carboxylic acids is 2. The van der Waals surface area contributed by atoms with Gasteiger partial charge in [0.05, 0.1) is 11.7 Å². The standard InChI is InChI=1S/C23H18FN3O4S/c24-17-9-3-4-11-20(17)32(30,31)25-13-15-12-19(25)21-22(28)27(23(29)26(15)21)18-10-5-7-14-6-1-2-8-16(14)18/h1-11,15,19,21H,12-13H2/t15-,19-,21-/m0/s1. The van der Waals surface area contributed by atoms with Crippen LogP contribution in [0.25, 0.3) is 10.8 Å². The number of benzene rings is 3. The Kier molecular flexibility index (Phi) is 4.00. The number of sulfonamides is 1. The Hall–Kier alpha value is -3.30. The Bertz CT molecular complexity index is 1400. The molecule has 2 bridgehead atoms. The first-order valence-electron chi connectivity index (χ1n) is 10.3. The average molecular weight is 451 g/mol. The fourth-order valence-corrected chi connectivity index (χ4v) is 7.04. The first kappa shape index (κ1) is 19.4. The molecule has 3 heterocycles. The number of imide groups is 1. The molecular weight excluding hydrogens is 433 g/mol. The number of halogens is 1. The summed E-state index contributed by atoms with van der Waals surface area (Å²) in [4.78, 5) is 29.0. The third-order valence-corrected chi connectivity index (χ3v) is 8.57. The quantitative estimate of drug-likeness (QED) is 0.574. The molecule has 0 saturated carbocycles. The molecule has 3 aromatic carbocycles. The number of hydrogen-bond donors (Lipinski definition) is 0. The first-order chi connectivity index (χ1) is 15.4. The maximum atomic E-state index is 14.3. The van der Waals surface area contributed by atoms with E-state index in [4.69, 9.17) is 0 Å². The summed E-state index contributed by atoms with van der Waals surface area (Å²) >= 11 is 0. The molecule has 3 fully saturated rings. The molecule has 3 aromatic rings. The van der Waals surface area contributed by atoms with Gasteiger partial charge in [0.15, 0.2) is 0 Å². The molecule has 0 aromatic heterocycles. The van der Waals surface area contributed by atoms with Gasteiger partial charge in [-0.3, -0.25) is 4.79 Å². The number of hydrogen-bond acceptors (Lipinski definition) is 4. The average Bonchev–Trinajstić information content (AvgIpc) is 3.45. The summed E-state index contributed by atoms with van der Waals surface area (Å²) in [6.45, 7) is 0.0419. The van der Waals surface area contributed by atoms with E-state index in [9.17, 15) is 22.4 Å². The minimum absolute atomic E-state index is 0.0419. The number of carbonyl (C=O) groups is 2. The second-order valence-corrected chi connectivity index (χ2v) is 10.1. The van der Waals surface area contributed by atoms with Crippen LogP contribution in [0.2, 0.25) is 0 Å². The van der Waals surface area contributed by atoms with Crippen LogP contribution in [0, 0.1) is 5.82 Å². The molecule has 6 rings (SSSR count). The van der Waals surface area contributed by atoms with E-state index >= 15 is 0 Å². The van der Waals surface area contributed by atoms with E-state index in [0.717, 1.165) is 21.7 Å². The van der Waals surface area contributed by atoms with Crippen molar-refractivity contribution in [2.45, 2.75) is 29.4 Å². The predicted molar refractivity (Wildman–Crippen MR) is 115 cm³/mol. The van der Waals surface area contributed by atoms with Gasteiger partial charge in [-0.2, -0.15) is 4.31 Å². The Labute approximate surface area is 183 Å². The zero-order valence-electron chi connectivity index (χ0n) is 16.8. The highest BCUT2D eigenvalue weighted by Crippen LogP contribution is 2.45. The molecule has 162 valence electrons. The monoisotopic (exact) mass is 451 g/mol. The van der Waals surface area contributed by atoms with E-state index in [-0.39, 0.29) is 6.54 Å². The maximum Gasteiger partial charge on any atom is 0.332 e. The molecule has 3 atom stereocenters. The van der Waals surface area contributed by atoms with E-state index in [1.54, 1.807) is 12.1 Å². The van der Waals surface area contributed by atoms with E-state index in [1.807, 2.05) is 30.3 Å². The summed E-state index contributed by atoms with van der Waals surface area (Å²) in [7, 11) is -4.15. The van der Waals surface area contributed by atoms with Gasteiger partial charge in [0.1, 0.15) is 16.8 Å². The van der Waals surface area contributed by atoms with Crippen molar-refractivity contribution in [1.29, 1.82) is 0 Å². The van der Waals surface area contributed by atoms with E-state index < -0.39 is 50.8 Å². The topological polar surface area (TPSA) is 78.0 Å². The van der Waals surface area contributed by atoms with Crippen molar-refractivity contribution in [1.82, 2.24) is 9.21 Å². The lowest BCUT2D eigenvalue weighted by molar-refractivity contribution is -0.120. The van der Waals surface area contributed by atoms with Crippen LogP contribution in [0.3, 0.4) is 0 Å². The van der Waals surface area contributed by atoms with Crippen molar-refractivity contribution < 1.29 is 22.4 Å². The van der Waals surface area contributed by atoms with E-state index in [1.165, 1.54) is 27.4 Å². The van der Waals surface area contributed by atoms with Crippen molar-refractivity contribution in [2.75, 3.05) is 11.4 Å². The van der Waals surface area contributed by atoms with Gasteiger partial charge >= 0.3 is 6.03 Å². The molecule has 0 N–H and O–H groups in total. The summed E-state index contributed by atoms with van der Waals surface area (Å²) in [6, 6.07) is 15.6.